The molecule has 2 heteroatoms. The van der Waals surface area contributed by atoms with E-state index in [1.54, 1.807) is 5.56 Å². The minimum atomic E-state index is 0.765. The standard InChI is InChI=1S/C16H21NS/c1-2-4-16-13(3-1)9-14(18-16)10-17-15-8-11-5-6-12(15)7-11/h1-4,11-12,14-15,17H,5-10H2. The molecule has 18 heavy (non-hydrogen) atoms. The van der Waals surface area contributed by atoms with Gasteiger partial charge < -0.3 is 5.32 Å². The highest BCUT2D eigenvalue weighted by molar-refractivity contribution is 8.00. The maximum absolute atomic E-state index is 3.87. The van der Waals surface area contributed by atoms with E-state index >= 15 is 0 Å². The lowest BCUT2D eigenvalue weighted by molar-refractivity contribution is 0.353. The van der Waals surface area contributed by atoms with E-state index in [2.05, 4.69) is 41.3 Å². The fourth-order valence-electron chi connectivity index (χ4n) is 4.15. The molecule has 1 nitrogen and oxygen atoms in total. The quantitative estimate of drug-likeness (QED) is 0.892. The molecule has 0 aromatic heterocycles. The third-order valence-electron chi connectivity index (χ3n) is 5.06. The van der Waals surface area contributed by atoms with Gasteiger partial charge in [-0.1, -0.05) is 24.6 Å². The van der Waals surface area contributed by atoms with Crippen molar-refractivity contribution in [3.05, 3.63) is 29.8 Å². The maximum Gasteiger partial charge on any atom is 0.0260 e. The minimum Gasteiger partial charge on any atom is -0.313 e. The second kappa shape index (κ2) is 4.57. The molecule has 4 atom stereocenters. The van der Waals surface area contributed by atoms with Crippen molar-refractivity contribution >= 4 is 11.8 Å². The van der Waals surface area contributed by atoms with Crippen LogP contribution in [0.1, 0.15) is 31.2 Å². The van der Waals surface area contributed by atoms with Crippen molar-refractivity contribution in [2.24, 2.45) is 11.8 Å². The van der Waals surface area contributed by atoms with Gasteiger partial charge in [-0.15, -0.1) is 11.8 Å². The van der Waals surface area contributed by atoms with Crippen LogP contribution in [0.15, 0.2) is 29.2 Å². The highest BCUT2D eigenvalue weighted by atomic mass is 32.2. The van der Waals surface area contributed by atoms with Crippen LogP contribution >= 0.6 is 11.8 Å². The van der Waals surface area contributed by atoms with E-state index in [1.165, 1.54) is 43.5 Å². The molecule has 2 fully saturated rings. The SMILES string of the molecule is c1ccc2c(c1)CC(CNC1CC3CCC1C3)S2. The maximum atomic E-state index is 3.87. The Kier molecular flexibility index (Phi) is 2.89. The molecule has 96 valence electrons. The van der Waals surface area contributed by atoms with Gasteiger partial charge >= 0.3 is 0 Å². The summed E-state index contributed by atoms with van der Waals surface area (Å²) in [6, 6.07) is 9.74. The molecule has 3 aliphatic rings. The summed E-state index contributed by atoms with van der Waals surface area (Å²) in [4.78, 5) is 1.51. The number of benzene rings is 1. The van der Waals surface area contributed by atoms with Crippen molar-refractivity contribution in [1.29, 1.82) is 0 Å². The number of rotatable bonds is 3. The molecule has 1 aromatic rings. The summed E-state index contributed by atoms with van der Waals surface area (Å²) in [5.74, 6) is 2.06. The first-order chi connectivity index (χ1) is 8.88. The minimum absolute atomic E-state index is 0.765. The molecule has 4 unspecified atom stereocenters. The van der Waals surface area contributed by atoms with Crippen LogP contribution < -0.4 is 5.32 Å². The topological polar surface area (TPSA) is 12.0 Å². The lowest BCUT2D eigenvalue weighted by atomic mass is 9.95. The Balaban J connectivity index is 1.32. The van der Waals surface area contributed by atoms with Gasteiger partial charge in [0.25, 0.3) is 0 Å². The summed E-state index contributed by atoms with van der Waals surface area (Å²) in [6.45, 7) is 1.20. The number of hydrogen-bond donors (Lipinski definition) is 1. The van der Waals surface area contributed by atoms with Crippen LogP contribution in [0.25, 0.3) is 0 Å². The van der Waals surface area contributed by atoms with Crippen molar-refractivity contribution in [2.75, 3.05) is 6.54 Å². The summed E-state index contributed by atoms with van der Waals surface area (Å²) in [5.41, 5.74) is 1.56. The Bertz CT molecular complexity index is 419. The van der Waals surface area contributed by atoms with Crippen molar-refractivity contribution in [3.8, 4) is 0 Å². The van der Waals surface area contributed by atoms with E-state index in [0.29, 0.717) is 0 Å². The molecular formula is C16H21NS. The van der Waals surface area contributed by atoms with Crippen LogP contribution in [0, 0.1) is 11.8 Å². The zero-order valence-electron chi connectivity index (χ0n) is 10.8. The van der Waals surface area contributed by atoms with Crippen LogP contribution in [0.3, 0.4) is 0 Å². The lowest BCUT2D eigenvalue weighted by Crippen LogP contribution is -2.37. The van der Waals surface area contributed by atoms with Crippen molar-refractivity contribution < 1.29 is 0 Å². The van der Waals surface area contributed by atoms with E-state index in [-0.39, 0.29) is 0 Å². The Hall–Kier alpha value is -0.470. The van der Waals surface area contributed by atoms with Crippen LogP contribution in [0.5, 0.6) is 0 Å². The van der Waals surface area contributed by atoms with Gasteiger partial charge in [-0.05, 0) is 49.1 Å². The van der Waals surface area contributed by atoms with Gasteiger partial charge in [-0.3, -0.25) is 0 Å². The first-order valence-electron chi connectivity index (χ1n) is 7.36. The van der Waals surface area contributed by atoms with Gasteiger partial charge in [0.15, 0.2) is 0 Å². The second-order valence-electron chi connectivity index (χ2n) is 6.24. The van der Waals surface area contributed by atoms with Crippen molar-refractivity contribution in [1.82, 2.24) is 5.32 Å². The largest absolute Gasteiger partial charge is 0.313 e. The van der Waals surface area contributed by atoms with Crippen molar-refractivity contribution in [3.63, 3.8) is 0 Å². The molecule has 1 N–H and O–H groups in total. The summed E-state index contributed by atoms with van der Waals surface area (Å²) >= 11 is 2.08. The third kappa shape index (κ3) is 2.00. The molecule has 1 aromatic carbocycles. The highest BCUT2D eigenvalue weighted by Gasteiger charge is 2.39. The first kappa shape index (κ1) is 11.4. The number of hydrogen-bond acceptors (Lipinski definition) is 2. The molecule has 0 amide bonds. The normalized spacial score (nSPS) is 37.1. The summed E-state index contributed by atoms with van der Waals surface area (Å²) in [7, 11) is 0. The van der Waals surface area contributed by atoms with Gasteiger partial charge in [-0.2, -0.15) is 0 Å². The average Bonchev–Trinajstić information content (AvgIpc) is 3.10. The molecule has 2 aliphatic carbocycles. The highest BCUT2D eigenvalue weighted by Crippen LogP contribution is 2.44. The van der Waals surface area contributed by atoms with Crippen LogP contribution in [0.2, 0.25) is 0 Å². The van der Waals surface area contributed by atoms with E-state index in [4.69, 9.17) is 0 Å². The molecule has 4 rings (SSSR count). The zero-order valence-corrected chi connectivity index (χ0v) is 11.6. The molecule has 0 spiro atoms. The predicted molar refractivity (Wildman–Crippen MR) is 77.0 cm³/mol. The number of nitrogens with one attached hydrogen (secondary N) is 1. The fraction of sp³-hybridized carbons (Fsp3) is 0.625. The van der Waals surface area contributed by atoms with Gasteiger partial charge in [0.2, 0.25) is 0 Å². The van der Waals surface area contributed by atoms with Gasteiger partial charge in [-0.25, -0.2) is 0 Å². The summed E-state index contributed by atoms with van der Waals surface area (Å²) in [5, 5.41) is 4.63. The zero-order chi connectivity index (χ0) is 11.9. The van der Waals surface area contributed by atoms with Gasteiger partial charge in [0.1, 0.15) is 0 Å². The molecule has 1 aliphatic heterocycles. The molecule has 2 bridgehead atoms. The average molecular weight is 259 g/mol. The van der Waals surface area contributed by atoms with Crippen LogP contribution in [0.4, 0.5) is 0 Å². The monoisotopic (exact) mass is 259 g/mol. The molecule has 2 saturated carbocycles. The van der Waals surface area contributed by atoms with E-state index in [9.17, 15) is 0 Å². The molecule has 1 heterocycles. The van der Waals surface area contributed by atoms with E-state index < -0.39 is 0 Å². The predicted octanol–water partition coefficient (Wildman–Crippen LogP) is 3.48. The smallest absolute Gasteiger partial charge is 0.0260 e. The summed E-state index contributed by atoms with van der Waals surface area (Å²) in [6.07, 6.45) is 7.21. The van der Waals surface area contributed by atoms with Gasteiger partial charge in [0, 0.05) is 22.7 Å². The van der Waals surface area contributed by atoms with Crippen LogP contribution in [-0.2, 0) is 6.42 Å². The number of fused-ring (bicyclic) bond motifs is 3. The van der Waals surface area contributed by atoms with E-state index in [1.807, 2.05) is 0 Å². The molecule has 0 saturated heterocycles. The second-order valence-corrected chi connectivity index (χ2v) is 7.58. The lowest BCUT2D eigenvalue weighted by Gasteiger charge is -2.24. The Morgan fingerprint density at radius 2 is 2.11 bits per heavy atom. The van der Waals surface area contributed by atoms with E-state index in [0.717, 1.165) is 23.1 Å². The van der Waals surface area contributed by atoms with Crippen molar-refractivity contribution in [2.45, 2.75) is 48.3 Å². The Morgan fingerprint density at radius 1 is 1.17 bits per heavy atom. The fourth-order valence-corrected chi connectivity index (χ4v) is 5.41. The Labute approximate surface area is 114 Å². The first-order valence-corrected chi connectivity index (χ1v) is 8.24. The van der Waals surface area contributed by atoms with Gasteiger partial charge in [0.05, 0.1) is 0 Å². The molecular weight excluding hydrogens is 238 g/mol. The summed E-state index contributed by atoms with van der Waals surface area (Å²) < 4.78 is 0. The molecule has 0 radical (unpaired) electrons. The Morgan fingerprint density at radius 3 is 2.89 bits per heavy atom. The number of thioether (sulfide) groups is 1. The van der Waals surface area contributed by atoms with Crippen LogP contribution in [-0.4, -0.2) is 17.8 Å². The third-order valence-corrected chi connectivity index (χ3v) is 6.38.